The van der Waals surface area contributed by atoms with Gasteiger partial charge in [-0.3, -0.25) is 14.5 Å². The zero-order valence-corrected chi connectivity index (χ0v) is 15.2. The van der Waals surface area contributed by atoms with E-state index in [0.29, 0.717) is 30.2 Å². The SMILES string of the molecule is O=C(CCN1CCC[C@@H]1C(=O)NCc1ccco1)Nc1ccccc1Cl. The topological polar surface area (TPSA) is 74.6 Å². The number of benzene rings is 1. The van der Waals surface area contributed by atoms with E-state index in [2.05, 4.69) is 15.5 Å². The highest BCUT2D eigenvalue weighted by Gasteiger charge is 2.30. The zero-order valence-electron chi connectivity index (χ0n) is 14.4. The van der Waals surface area contributed by atoms with Crippen molar-refractivity contribution >= 4 is 29.1 Å². The molecule has 0 aliphatic carbocycles. The molecule has 1 aromatic heterocycles. The molecule has 1 fully saturated rings. The third-order valence-corrected chi connectivity index (χ3v) is 4.79. The van der Waals surface area contributed by atoms with Gasteiger partial charge < -0.3 is 15.1 Å². The maximum Gasteiger partial charge on any atom is 0.237 e. The van der Waals surface area contributed by atoms with Gasteiger partial charge in [-0.2, -0.15) is 0 Å². The average Bonchev–Trinajstić information content (AvgIpc) is 3.31. The Morgan fingerprint density at radius 1 is 1.23 bits per heavy atom. The van der Waals surface area contributed by atoms with E-state index in [-0.39, 0.29) is 17.9 Å². The number of carbonyl (C=O) groups is 2. The number of halogens is 1. The van der Waals surface area contributed by atoms with Gasteiger partial charge in [-0.1, -0.05) is 23.7 Å². The van der Waals surface area contributed by atoms with E-state index in [9.17, 15) is 9.59 Å². The van der Waals surface area contributed by atoms with Crippen LogP contribution in [0.3, 0.4) is 0 Å². The van der Waals surface area contributed by atoms with E-state index in [0.717, 1.165) is 25.1 Å². The van der Waals surface area contributed by atoms with Gasteiger partial charge in [0.05, 0.1) is 29.6 Å². The number of hydrogen-bond acceptors (Lipinski definition) is 4. The number of amides is 2. The Morgan fingerprint density at radius 3 is 2.85 bits per heavy atom. The van der Waals surface area contributed by atoms with Crippen LogP contribution < -0.4 is 10.6 Å². The summed E-state index contributed by atoms with van der Waals surface area (Å²) in [5.74, 6) is 0.590. The first-order chi connectivity index (χ1) is 12.6. The normalized spacial score (nSPS) is 17.2. The molecule has 1 aromatic carbocycles. The molecule has 2 N–H and O–H groups in total. The molecular formula is C19H22ClN3O3. The zero-order chi connectivity index (χ0) is 18.4. The van der Waals surface area contributed by atoms with Crippen molar-refractivity contribution < 1.29 is 14.0 Å². The third-order valence-electron chi connectivity index (χ3n) is 4.46. The number of carbonyl (C=O) groups excluding carboxylic acids is 2. The molecule has 0 unspecified atom stereocenters. The summed E-state index contributed by atoms with van der Waals surface area (Å²) in [6.07, 6.45) is 3.65. The molecule has 3 rings (SSSR count). The number of rotatable bonds is 7. The Morgan fingerprint density at radius 2 is 2.08 bits per heavy atom. The molecule has 1 atom stereocenters. The number of anilines is 1. The lowest BCUT2D eigenvalue weighted by Crippen LogP contribution is -2.43. The average molecular weight is 376 g/mol. The first-order valence-corrected chi connectivity index (χ1v) is 9.10. The van der Waals surface area contributed by atoms with Crippen LogP contribution >= 0.6 is 11.6 Å². The fourth-order valence-electron chi connectivity index (χ4n) is 3.12. The van der Waals surface area contributed by atoms with Crippen LogP contribution in [0.5, 0.6) is 0 Å². The second-order valence-corrected chi connectivity index (χ2v) is 6.68. The molecule has 2 aromatic rings. The molecule has 138 valence electrons. The molecule has 1 aliphatic heterocycles. The maximum atomic E-state index is 12.4. The summed E-state index contributed by atoms with van der Waals surface area (Å²) in [5.41, 5.74) is 0.605. The summed E-state index contributed by atoms with van der Waals surface area (Å²) in [5, 5.41) is 6.22. The van der Waals surface area contributed by atoms with E-state index in [1.165, 1.54) is 0 Å². The summed E-state index contributed by atoms with van der Waals surface area (Å²) in [7, 11) is 0. The minimum atomic E-state index is -0.196. The lowest BCUT2D eigenvalue weighted by Gasteiger charge is -2.23. The summed E-state index contributed by atoms with van der Waals surface area (Å²) in [4.78, 5) is 26.6. The second-order valence-electron chi connectivity index (χ2n) is 6.27. The van der Waals surface area contributed by atoms with Gasteiger partial charge in [0.15, 0.2) is 0 Å². The van der Waals surface area contributed by atoms with Crippen LogP contribution in [-0.4, -0.2) is 35.8 Å². The monoisotopic (exact) mass is 375 g/mol. The third kappa shape index (κ3) is 4.86. The fraction of sp³-hybridized carbons (Fsp3) is 0.368. The number of nitrogens with one attached hydrogen (secondary N) is 2. The second kappa shape index (κ2) is 8.87. The highest BCUT2D eigenvalue weighted by atomic mass is 35.5. The molecule has 0 radical (unpaired) electrons. The summed E-state index contributed by atoms with van der Waals surface area (Å²) >= 11 is 6.05. The van der Waals surface area contributed by atoms with Gasteiger partial charge >= 0.3 is 0 Å². The molecule has 2 amide bonds. The molecule has 0 saturated carbocycles. The van der Waals surface area contributed by atoms with Crippen LogP contribution in [0, 0.1) is 0 Å². The van der Waals surface area contributed by atoms with Gasteiger partial charge in [0, 0.05) is 13.0 Å². The van der Waals surface area contributed by atoms with E-state index < -0.39 is 0 Å². The number of para-hydroxylation sites is 1. The maximum absolute atomic E-state index is 12.4. The predicted molar refractivity (Wildman–Crippen MR) is 99.8 cm³/mol. The van der Waals surface area contributed by atoms with E-state index in [1.54, 1.807) is 24.5 Å². The number of furan rings is 1. The Hall–Kier alpha value is -2.31. The van der Waals surface area contributed by atoms with Gasteiger partial charge in [0.25, 0.3) is 0 Å². The van der Waals surface area contributed by atoms with Crippen molar-refractivity contribution in [2.45, 2.75) is 31.8 Å². The Labute approximate surface area is 157 Å². The number of likely N-dealkylation sites (tertiary alicyclic amines) is 1. The molecule has 0 bridgehead atoms. The summed E-state index contributed by atoms with van der Waals surface area (Å²) < 4.78 is 5.23. The Kier molecular flexibility index (Phi) is 6.30. The Balaban J connectivity index is 1.46. The van der Waals surface area contributed by atoms with Gasteiger partial charge in [-0.25, -0.2) is 0 Å². The summed E-state index contributed by atoms with van der Waals surface area (Å²) in [6.45, 7) is 1.73. The van der Waals surface area contributed by atoms with Crippen molar-refractivity contribution in [3.63, 3.8) is 0 Å². The van der Waals surface area contributed by atoms with Crippen LogP contribution in [0.1, 0.15) is 25.0 Å². The largest absolute Gasteiger partial charge is 0.467 e. The van der Waals surface area contributed by atoms with Crippen LogP contribution in [0.15, 0.2) is 47.1 Å². The number of nitrogens with zero attached hydrogens (tertiary/aromatic N) is 1. The van der Waals surface area contributed by atoms with Crippen molar-refractivity contribution in [2.75, 3.05) is 18.4 Å². The van der Waals surface area contributed by atoms with Crippen molar-refractivity contribution in [1.29, 1.82) is 0 Å². The minimum Gasteiger partial charge on any atom is -0.467 e. The molecular weight excluding hydrogens is 354 g/mol. The first-order valence-electron chi connectivity index (χ1n) is 8.72. The summed E-state index contributed by atoms with van der Waals surface area (Å²) in [6, 6.07) is 10.6. The van der Waals surface area contributed by atoms with E-state index in [4.69, 9.17) is 16.0 Å². The van der Waals surface area contributed by atoms with Crippen LogP contribution in [0.2, 0.25) is 5.02 Å². The van der Waals surface area contributed by atoms with Crippen LogP contribution in [0.25, 0.3) is 0 Å². The minimum absolute atomic E-state index is 0.0228. The molecule has 1 saturated heterocycles. The quantitative estimate of drug-likeness (QED) is 0.780. The predicted octanol–water partition coefficient (Wildman–Crippen LogP) is 3.04. The molecule has 0 spiro atoms. The molecule has 2 heterocycles. The first kappa shape index (κ1) is 18.5. The lowest BCUT2D eigenvalue weighted by molar-refractivity contribution is -0.126. The smallest absolute Gasteiger partial charge is 0.237 e. The van der Waals surface area contributed by atoms with Crippen molar-refractivity contribution in [3.8, 4) is 0 Å². The van der Waals surface area contributed by atoms with Gasteiger partial charge in [-0.05, 0) is 43.7 Å². The number of hydrogen-bond donors (Lipinski definition) is 2. The van der Waals surface area contributed by atoms with Crippen LogP contribution in [0.4, 0.5) is 5.69 Å². The standard InChI is InChI=1S/C19H22ClN3O3/c20-15-6-1-2-7-16(15)22-18(24)9-11-23-10-3-8-17(23)19(25)21-13-14-5-4-12-26-14/h1-2,4-7,12,17H,3,8-11,13H2,(H,21,25)(H,22,24)/t17-/m1/s1. The van der Waals surface area contributed by atoms with E-state index in [1.807, 2.05) is 18.2 Å². The van der Waals surface area contributed by atoms with Crippen LogP contribution in [-0.2, 0) is 16.1 Å². The molecule has 7 heteroatoms. The van der Waals surface area contributed by atoms with Crippen molar-refractivity contribution in [1.82, 2.24) is 10.2 Å². The molecule has 26 heavy (non-hydrogen) atoms. The van der Waals surface area contributed by atoms with Crippen molar-refractivity contribution in [2.24, 2.45) is 0 Å². The lowest BCUT2D eigenvalue weighted by atomic mass is 10.2. The molecule has 1 aliphatic rings. The van der Waals surface area contributed by atoms with Gasteiger partial charge in [0.1, 0.15) is 5.76 Å². The van der Waals surface area contributed by atoms with E-state index >= 15 is 0 Å². The fourth-order valence-corrected chi connectivity index (χ4v) is 3.30. The van der Waals surface area contributed by atoms with Crippen molar-refractivity contribution in [3.05, 3.63) is 53.4 Å². The molecule has 6 nitrogen and oxygen atoms in total. The highest BCUT2D eigenvalue weighted by Crippen LogP contribution is 2.21. The van der Waals surface area contributed by atoms with Gasteiger partial charge in [-0.15, -0.1) is 0 Å². The van der Waals surface area contributed by atoms with Gasteiger partial charge in [0.2, 0.25) is 11.8 Å². The highest BCUT2D eigenvalue weighted by molar-refractivity contribution is 6.33. The Bertz CT molecular complexity index is 748.